The van der Waals surface area contributed by atoms with Gasteiger partial charge in [0.1, 0.15) is 34.4 Å². The number of aromatic nitrogens is 2. The van der Waals surface area contributed by atoms with Crippen LogP contribution in [0.2, 0.25) is 0 Å². The predicted molar refractivity (Wildman–Crippen MR) is 230 cm³/mol. The van der Waals surface area contributed by atoms with Gasteiger partial charge in [0.15, 0.2) is 0 Å². The molecule has 0 fully saturated rings. The van der Waals surface area contributed by atoms with Gasteiger partial charge in [-0.15, -0.1) is 0 Å². The van der Waals surface area contributed by atoms with Crippen molar-refractivity contribution >= 4 is 56.7 Å². The van der Waals surface area contributed by atoms with Gasteiger partial charge in [0.2, 0.25) is 0 Å². The van der Waals surface area contributed by atoms with Crippen LogP contribution >= 0.6 is 0 Å². The monoisotopic (exact) mass is 862 g/mol. The molecule has 3 N–H and O–H groups in total. The van der Waals surface area contributed by atoms with Crippen LogP contribution in [-0.4, -0.2) is 61.5 Å². The summed E-state index contributed by atoms with van der Waals surface area (Å²) in [5, 5.41) is 37.6. The molecule has 2 amide bonds. The molecule has 18 heteroatoms. The van der Waals surface area contributed by atoms with Gasteiger partial charge >= 0.3 is 41.7 Å². The number of anilines is 2. The van der Waals surface area contributed by atoms with Crippen molar-refractivity contribution in [2.24, 2.45) is 0 Å². The Morgan fingerprint density at radius 3 is 1.58 bits per heavy atom. The SMILES string of the molecule is CC(C)(C)OC(=O)Nc1cc(CCO)ccn1.CC(C)(C)OC(=O)Nc1cc(CCOc2ccc([N+](=O)[O-])c3ccccc23)ccn1.O=[N+]([O-])c1ccc(F)c2ccccc12.[H-].[Na+]. The van der Waals surface area contributed by atoms with Crippen LogP contribution in [0.25, 0.3) is 21.5 Å². The number of ether oxygens (including phenoxy) is 3. The molecule has 322 valence electrons. The zero-order valence-corrected chi connectivity index (χ0v) is 37.5. The maximum Gasteiger partial charge on any atom is 1.00 e. The number of non-ortho nitro benzene ring substituents is 2. The van der Waals surface area contributed by atoms with Crippen molar-refractivity contribution in [2.75, 3.05) is 23.8 Å². The average Bonchev–Trinajstić information content (AvgIpc) is 3.17. The van der Waals surface area contributed by atoms with Crippen molar-refractivity contribution in [3.63, 3.8) is 0 Å². The summed E-state index contributed by atoms with van der Waals surface area (Å²) in [6.07, 6.45) is 3.18. The molecule has 2 heterocycles. The Hall–Kier alpha value is -6.27. The smallest absolute Gasteiger partial charge is 1.00 e. The quantitative estimate of drug-likeness (QED) is 0.0715. The van der Waals surface area contributed by atoms with Crippen molar-refractivity contribution in [2.45, 2.75) is 65.6 Å². The predicted octanol–water partition coefficient (Wildman–Crippen LogP) is 7.08. The summed E-state index contributed by atoms with van der Waals surface area (Å²) in [7, 11) is 0. The van der Waals surface area contributed by atoms with Crippen LogP contribution in [0.4, 0.5) is 37.0 Å². The van der Waals surface area contributed by atoms with E-state index in [0.29, 0.717) is 53.0 Å². The zero-order valence-electron chi connectivity index (χ0n) is 36.5. The van der Waals surface area contributed by atoms with E-state index in [-0.39, 0.29) is 54.4 Å². The third-order valence-electron chi connectivity index (χ3n) is 8.06. The average molecular weight is 863 g/mol. The van der Waals surface area contributed by atoms with Gasteiger partial charge in [-0.1, -0.05) is 36.4 Å². The molecule has 0 unspecified atom stereocenters. The van der Waals surface area contributed by atoms with Crippen molar-refractivity contribution in [1.29, 1.82) is 0 Å². The molecule has 16 nitrogen and oxygen atoms in total. The normalized spacial score (nSPS) is 10.8. The number of nitro benzene ring substituents is 2. The van der Waals surface area contributed by atoms with Crippen LogP contribution in [0.3, 0.4) is 0 Å². The second-order valence-electron chi connectivity index (χ2n) is 15.2. The first-order valence-corrected chi connectivity index (χ1v) is 18.9. The zero-order chi connectivity index (χ0) is 44.7. The molecule has 0 saturated carbocycles. The Morgan fingerprint density at radius 2 is 1.11 bits per heavy atom. The second kappa shape index (κ2) is 23.1. The van der Waals surface area contributed by atoms with Crippen LogP contribution in [0, 0.1) is 26.0 Å². The minimum Gasteiger partial charge on any atom is -1.00 e. The van der Waals surface area contributed by atoms with E-state index in [0.717, 1.165) is 17.2 Å². The molecular weight excluding hydrogens is 815 g/mol. The minimum atomic E-state index is -0.594. The van der Waals surface area contributed by atoms with Gasteiger partial charge < -0.3 is 20.7 Å². The summed E-state index contributed by atoms with van der Waals surface area (Å²) in [6.45, 7) is 11.2. The number of pyridine rings is 2. The third-order valence-corrected chi connectivity index (χ3v) is 8.06. The number of amides is 2. The molecule has 62 heavy (non-hydrogen) atoms. The molecule has 0 bridgehead atoms. The van der Waals surface area contributed by atoms with Crippen LogP contribution in [-0.2, 0) is 22.3 Å². The number of nitro groups is 2. The number of nitrogens with one attached hydrogen (secondary N) is 2. The fourth-order valence-electron chi connectivity index (χ4n) is 5.57. The summed E-state index contributed by atoms with van der Waals surface area (Å²) in [5.41, 5.74) is 0.679. The fourth-order valence-corrected chi connectivity index (χ4v) is 5.57. The second-order valence-corrected chi connectivity index (χ2v) is 15.2. The number of halogens is 1. The molecule has 6 aromatic rings. The number of benzene rings is 4. The fraction of sp³-hybridized carbons (Fsp3) is 0.273. The van der Waals surface area contributed by atoms with E-state index in [9.17, 15) is 34.2 Å². The number of nitrogens with zero attached hydrogens (tertiary/aromatic N) is 4. The molecule has 0 saturated heterocycles. The van der Waals surface area contributed by atoms with Gasteiger partial charge in [-0.25, -0.2) is 23.9 Å². The first kappa shape index (κ1) is 50.1. The van der Waals surface area contributed by atoms with Crippen LogP contribution in [0.15, 0.2) is 109 Å². The van der Waals surface area contributed by atoms with Crippen molar-refractivity contribution < 1.29 is 74.1 Å². The maximum absolute atomic E-state index is 13.2. The van der Waals surface area contributed by atoms with Crippen molar-refractivity contribution in [3.05, 3.63) is 147 Å². The molecule has 0 aliphatic carbocycles. The number of fused-ring (bicyclic) bond motifs is 2. The third kappa shape index (κ3) is 16.0. The molecular formula is C44H48FN6NaO10. The van der Waals surface area contributed by atoms with E-state index in [1.54, 1.807) is 109 Å². The molecule has 6 rings (SSSR count). The van der Waals surface area contributed by atoms with E-state index in [1.165, 1.54) is 24.3 Å². The van der Waals surface area contributed by atoms with Crippen LogP contribution in [0.5, 0.6) is 5.75 Å². The summed E-state index contributed by atoms with van der Waals surface area (Å²) in [4.78, 5) is 52.4. The number of rotatable bonds is 10. The minimum absolute atomic E-state index is 0. The van der Waals surface area contributed by atoms with Gasteiger partial charge in [-0.2, -0.15) is 0 Å². The Morgan fingerprint density at radius 1 is 0.677 bits per heavy atom. The van der Waals surface area contributed by atoms with E-state index < -0.39 is 39.1 Å². The van der Waals surface area contributed by atoms with Gasteiger partial charge in [0.25, 0.3) is 11.4 Å². The van der Waals surface area contributed by atoms with E-state index >= 15 is 0 Å². The topological polar surface area (TPSA) is 218 Å². The van der Waals surface area contributed by atoms with Gasteiger partial charge in [0, 0.05) is 48.3 Å². The molecule has 0 aliphatic rings. The van der Waals surface area contributed by atoms with Crippen LogP contribution < -0.4 is 44.9 Å². The largest absolute Gasteiger partial charge is 1.00 e. The van der Waals surface area contributed by atoms with Crippen molar-refractivity contribution in [3.8, 4) is 5.75 Å². The number of carbonyl (C=O) groups is 2. The Labute approximate surface area is 380 Å². The number of hydrogen-bond acceptors (Lipinski definition) is 12. The molecule has 0 atom stereocenters. The molecule has 0 radical (unpaired) electrons. The van der Waals surface area contributed by atoms with Gasteiger partial charge in [0.05, 0.1) is 27.2 Å². The number of aliphatic hydroxyl groups is 1. The summed E-state index contributed by atoms with van der Waals surface area (Å²) in [5.74, 6) is 0.955. The van der Waals surface area contributed by atoms with Gasteiger partial charge in [-0.3, -0.25) is 30.9 Å². The Kier molecular flexibility index (Phi) is 18.6. The number of carbonyl (C=O) groups excluding carboxylic acids is 2. The summed E-state index contributed by atoms with van der Waals surface area (Å²) >= 11 is 0. The van der Waals surface area contributed by atoms with Crippen molar-refractivity contribution in [1.82, 2.24) is 9.97 Å². The Bertz CT molecular complexity index is 2500. The Balaban J connectivity index is 0.000000351. The standard InChI is InChI=1S/C22H23N3O5.C12H18N2O3.C10H6FNO2.Na.H/c1-22(2,3)30-21(26)24-20-14-15(10-12-23-20)11-13-29-19-9-8-18(25(27)28)16-6-4-5-7-17(16)19;1-12(2,3)17-11(16)14-10-8-9(5-7-15)4-6-13-10;11-9-5-6-10(12(13)14)8-4-2-1-3-7(8)9;;/h4-10,12,14H,11,13H2,1-3H3,(H,23,24,26);4,6,8,15H,5,7H2,1-3H3,(H,13,14,16);1-6H;;/q;;;+1;-1. The number of hydrogen-bond donors (Lipinski definition) is 3. The van der Waals surface area contributed by atoms with E-state index in [2.05, 4.69) is 20.6 Å². The first-order chi connectivity index (χ1) is 28.8. The van der Waals surface area contributed by atoms with E-state index in [4.69, 9.17) is 19.3 Å². The summed E-state index contributed by atoms with van der Waals surface area (Å²) in [6, 6.07) is 25.9. The summed E-state index contributed by atoms with van der Waals surface area (Å²) < 4.78 is 29.4. The number of aliphatic hydroxyl groups excluding tert-OH is 1. The first-order valence-electron chi connectivity index (χ1n) is 18.9. The maximum atomic E-state index is 13.2. The molecule has 2 aromatic heterocycles. The molecule has 0 aliphatic heterocycles. The van der Waals surface area contributed by atoms with Crippen LogP contribution in [0.1, 0.15) is 54.1 Å². The van der Waals surface area contributed by atoms with Gasteiger partial charge in [-0.05, 0) is 108 Å². The molecule has 0 spiro atoms. The molecule has 4 aromatic carbocycles. The van der Waals surface area contributed by atoms with E-state index in [1.807, 2.05) is 12.1 Å².